The number of aromatic carboxylic acids is 1. The standard InChI is InChI=1S/C20H18N2O5S/c1-13-12-16(7-10-18(13)22-11-3-4-19(22)20(24)25)21-28(26,27)17-8-5-15(6-9-17)14(2)23/h3-12,21H,1-2H3,(H,24,25). The Hall–Kier alpha value is -3.39. The molecule has 8 heteroatoms. The minimum absolute atomic E-state index is 0.0396. The third kappa shape index (κ3) is 3.81. The molecule has 0 amide bonds. The zero-order valence-corrected chi connectivity index (χ0v) is 16.0. The first-order chi connectivity index (χ1) is 13.2. The van der Waals surface area contributed by atoms with Gasteiger partial charge in [0, 0.05) is 23.1 Å². The predicted octanol–water partition coefficient (Wildman–Crippen LogP) is 3.49. The first-order valence-corrected chi connectivity index (χ1v) is 9.83. The molecule has 0 unspecified atom stereocenters. The van der Waals surface area contributed by atoms with E-state index in [1.807, 2.05) is 0 Å². The van der Waals surface area contributed by atoms with Crippen molar-refractivity contribution in [3.05, 3.63) is 77.6 Å². The van der Waals surface area contributed by atoms with E-state index in [4.69, 9.17) is 0 Å². The molecular weight excluding hydrogens is 380 g/mol. The van der Waals surface area contributed by atoms with E-state index in [2.05, 4.69) is 4.72 Å². The van der Waals surface area contributed by atoms with E-state index in [1.54, 1.807) is 37.4 Å². The number of carboxylic acids is 1. The van der Waals surface area contributed by atoms with Crippen molar-refractivity contribution in [3.63, 3.8) is 0 Å². The number of aryl methyl sites for hydroxylation is 1. The first-order valence-electron chi connectivity index (χ1n) is 8.34. The van der Waals surface area contributed by atoms with Crippen LogP contribution < -0.4 is 4.72 Å². The number of anilines is 1. The average Bonchev–Trinajstić information content (AvgIpc) is 3.11. The minimum atomic E-state index is -3.82. The third-order valence-electron chi connectivity index (χ3n) is 4.25. The maximum absolute atomic E-state index is 12.6. The molecule has 0 aliphatic carbocycles. The summed E-state index contributed by atoms with van der Waals surface area (Å²) >= 11 is 0. The maximum Gasteiger partial charge on any atom is 0.352 e. The summed E-state index contributed by atoms with van der Waals surface area (Å²) in [6, 6.07) is 13.6. The van der Waals surface area contributed by atoms with Crippen molar-refractivity contribution < 1.29 is 23.1 Å². The molecule has 7 nitrogen and oxygen atoms in total. The molecule has 2 aromatic carbocycles. The molecule has 0 fully saturated rings. The predicted molar refractivity (Wildman–Crippen MR) is 105 cm³/mol. The van der Waals surface area contributed by atoms with Gasteiger partial charge < -0.3 is 9.67 Å². The van der Waals surface area contributed by atoms with E-state index in [0.29, 0.717) is 22.5 Å². The van der Waals surface area contributed by atoms with Gasteiger partial charge in [0.2, 0.25) is 0 Å². The number of sulfonamides is 1. The Labute approximate surface area is 162 Å². The number of nitrogens with zero attached hydrogens (tertiary/aromatic N) is 1. The number of nitrogens with one attached hydrogen (secondary N) is 1. The van der Waals surface area contributed by atoms with E-state index in [9.17, 15) is 23.1 Å². The molecule has 2 N–H and O–H groups in total. The van der Waals surface area contributed by atoms with Crippen LogP contribution in [0.2, 0.25) is 0 Å². The lowest BCUT2D eigenvalue weighted by molar-refractivity contribution is 0.0688. The van der Waals surface area contributed by atoms with Gasteiger partial charge in [-0.3, -0.25) is 9.52 Å². The number of benzene rings is 2. The van der Waals surface area contributed by atoms with Crippen molar-refractivity contribution in [1.29, 1.82) is 0 Å². The fourth-order valence-corrected chi connectivity index (χ4v) is 3.89. The summed E-state index contributed by atoms with van der Waals surface area (Å²) in [5.74, 6) is -1.20. The van der Waals surface area contributed by atoms with Gasteiger partial charge in [-0.2, -0.15) is 0 Å². The lowest BCUT2D eigenvalue weighted by Crippen LogP contribution is -2.13. The van der Waals surface area contributed by atoms with Crippen molar-refractivity contribution in [1.82, 2.24) is 4.57 Å². The van der Waals surface area contributed by atoms with Gasteiger partial charge in [-0.1, -0.05) is 12.1 Å². The Morgan fingerprint density at radius 1 is 1.04 bits per heavy atom. The highest BCUT2D eigenvalue weighted by molar-refractivity contribution is 7.92. The number of aromatic nitrogens is 1. The van der Waals surface area contributed by atoms with Crippen LogP contribution in [0.1, 0.15) is 33.3 Å². The van der Waals surface area contributed by atoms with Crippen molar-refractivity contribution in [2.24, 2.45) is 0 Å². The third-order valence-corrected chi connectivity index (χ3v) is 5.64. The second-order valence-electron chi connectivity index (χ2n) is 6.26. The van der Waals surface area contributed by atoms with E-state index < -0.39 is 16.0 Å². The number of Topliss-reactive ketones (excluding diaryl/α,β-unsaturated/α-hetero) is 1. The topological polar surface area (TPSA) is 105 Å². The van der Waals surface area contributed by atoms with Crippen LogP contribution in [0.15, 0.2) is 65.7 Å². The van der Waals surface area contributed by atoms with E-state index in [-0.39, 0.29) is 16.4 Å². The molecule has 144 valence electrons. The molecule has 0 aliphatic heterocycles. The normalized spacial score (nSPS) is 11.2. The van der Waals surface area contributed by atoms with Gasteiger partial charge >= 0.3 is 5.97 Å². The number of hydrogen-bond acceptors (Lipinski definition) is 4. The molecule has 0 spiro atoms. The molecule has 0 radical (unpaired) electrons. The minimum Gasteiger partial charge on any atom is -0.477 e. The van der Waals surface area contributed by atoms with Crippen LogP contribution in [0.4, 0.5) is 5.69 Å². The molecular formula is C20H18N2O5S. The zero-order chi connectivity index (χ0) is 20.5. The van der Waals surface area contributed by atoms with Gasteiger partial charge in [0.05, 0.1) is 4.90 Å². The monoisotopic (exact) mass is 398 g/mol. The summed E-state index contributed by atoms with van der Waals surface area (Å²) in [6.45, 7) is 3.17. The number of carboxylic acid groups (broad SMARTS) is 1. The molecule has 0 bridgehead atoms. The van der Waals surface area contributed by atoms with E-state index in [0.717, 1.165) is 0 Å². The number of ketones is 1. The summed E-state index contributed by atoms with van der Waals surface area (Å²) in [6.07, 6.45) is 1.63. The molecule has 28 heavy (non-hydrogen) atoms. The van der Waals surface area contributed by atoms with Crippen LogP contribution in [-0.4, -0.2) is 29.8 Å². The Bertz CT molecular complexity index is 1160. The highest BCUT2D eigenvalue weighted by Crippen LogP contribution is 2.23. The van der Waals surface area contributed by atoms with Crippen LogP contribution >= 0.6 is 0 Å². The molecule has 0 atom stereocenters. The molecule has 1 heterocycles. The van der Waals surface area contributed by atoms with Gasteiger partial charge in [0.25, 0.3) is 10.0 Å². The average molecular weight is 398 g/mol. The lowest BCUT2D eigenvalue weighted by Gasteiger charge is -2.13. The van der Waals surface area contributed by atoms with Crippen LogP contribution in [0.3, 0.4) is 0 Å². The Balaban J connectivity index is 1.89. The Morgan fingerprint density at radius 3 is 2.29 bits per heavy atom. The summed E-state index contributed by atoms with van der Waals surface area (Å²) in [7, 11) is -3.82. The molecule has 0 saturated heterocycles. The highest BCUT2D eigenvalue weighted by atomic mass is 32.2. The zero-order valence-electron chi connectivity index (χ0n) is 15.2. The van der Waals surface area contributed by atoms with Crippen LogP contribution in [0, 0.1) is 6.92 Å². The summed E-state index contributed by atoms with van der Waals surface area (Å²) in [5.41, 5.74) is 2.23. The molecule has 3 rings (SSSR count). The van der Waals surface area contributed by atoms with Gasteiger partial charge in [0.1, 0.15) is 5.69 Å². The second-order valence-corrected chi connectivity index (χ2v) is 7.94. The van der Waals surface area contributed by atoms with Gasteiger partial charge in [0.15, 0.2) is 5.78 Å². The summed E-state index contributed by atoms with van der Waals surface area (Å²) in [4.78, 5) is 22.7. The summed E-state index contributed by atoms with van der Waals surface area (Å²) in [5, 5.41) is 9.26. The first kappa shape index (κ1) is 19.4. The van der Waals surface area contributed by atoms with Crippen molar-refractivity contribution in [2.45, 2.75) is 18.7 Å². The molecule has 3 aromatic rings. The Kier molecular flexibility index (Phi) is 5.06. The van der Waals surface area contributed by atoms with Crippen LogP contribution in [-0.2, 0) is 10.0 Å². The molecule has 0 saturated carbocycles. The van der Waals surface area contributed by atoms with Crippen molar-refractivity contribution >= 4 is 27.5 Å². The maximum atomic E-state index is 12.6. The number of carbonyl (C=O) groups is 2. The van der Waals surface area contributed by atoms with E-state index in [1.165, 1.54) is 41.8 Å². The number of hydrogen-bond donors (Lipinski definition) is 2. The van der Waals surface area contributed by atoms with Gasteiger partial charge in [-0.25, -0.2) is 13.2 Å². The summed E-state index contributed by atoms with van der Waals surface area (Å²) < 4.78 is 29.2. The van der Waals surface area contributed by atoms with Crippen LogP contribution in [0.25, 0.3) is 5.69 Å². The van der Waals surface area contributed by atoms with Crippen molar-refractivity contribution in [2.75, 3.05) is 4.72 Å². The lowest BCUT2D eigenvalue weighted by atomic mass is 10.1. The van der Waals surface area contributed by atoms with Gasteiger partial charge in [-0.15, -0.1) is 0 Å². The molecule has 0 aliphatic rings. The number of carbonyl (C=O) groups excluding carboxylic acids is 1. The highest BCUT2D eigenvalue weighted by Gasteiger charge is 2.16. The van der Waals surface area contributed by atoms with Gasteiger partial charge in [-0.05, 0) is 61.9 Å². The fraction of sp³-hybridized carbons (Fsp3) is 0.100. The second kappa shape index (κ2) is 7.32. The van der Waals surface area contributed by atoms with Crippen molar-refractivity contribution in [3.8, 4) is 5.69 Å². The Morgan fingerprint density at radius 2 is 1.71 bits per heavy atom. The van der Waals surface area contributed by atoms with Crippen LogP contribution in [0.5, 0.6) is 0 Å². The number of rotatable bonds is 6. The molecule has 1 aromatic heterocycles. The smallest absolute Gasteiger partial charge is 0.352 e. The largest absolute Gasteiger partial charge is 0.477 e. The van der Waals surface area contributed by atoms with E-state index >= 15 is 0 Å². The quantitative estimate of drug-likeness (QED) is 0.619. The fourth-order valence-electron chi connectivity index (χ4n) is 2.84. The SMILES string of the molecule is CC(=O)c1ccc(S(=O)(=O)Nc2ccc(-n3cccc3C(=O)O)c(C)c2)cc1.